The van der Waals surface area contributed by atoms with Crippen LogP contribution in [0.5, 0.6) is 0 Å². The number of carbonyl (C=O) groups excluding carboxylic acids is 1. The number of pyridine rings is 1. The van der Waals surface area contributed by atoms with Crippen LogP contribution in [0.3, 0.4) is 0 Å². The number of ether oxygens (including phenoxy) is 1. The predicted molar refractivity (Wildman–Crippen MR) is 83.4 cm³/mol. The van der Waals surface area contributed by atoms with E-state index < -0.39 is 5.60 Å². The van der Waals surface area contributed by atoms with E-state index in [9.17, 15) is 4.79 Å². The Morgan fingerprint density at radius 1 is 1.38 bits per heavy atom. The van der Waals surface area contributed by atoms with E-state index in [0.29, 0.717) is 13.1 Å². The zero-order chi connectivity index (χ0) is 15.2. The SMILES string of the molecule is CC(C)(C)OC(=O)N1CC(c2nc(Br)c3ccccn23)C1. The van der Waals surface area contributed by atoms with Gasteiger partial charge in [0.1, 0.15) is 16.0 Å². The van der Waals surface area contributed by atoms with Crippen LogP contribution in [0.4, 0.5) is 4.79 Å². The highest BCUT2D eigenvalue weighted by Crippen LogP contribution is 2.30. The molecular formula is C15H18BrN3O2. The molecule has 3 heterocycles. The second-order valence-electron chi connectivity index (χ2n) is 6.30. The third kappa shape index (κ3) is 2.77. The summed E-state index contributed by atoms with van der Waals surface area (Å²) in [5.74, 6) is 1.23. The van der Waals surface area contributed by atoms with Crippen molar-refractivity contribution >= 4 is 27.5 Å². The van der Waals surface area contributed by atoms with Crippen molar-refractivity contribution in [1.29, 1.82) is 0 Å². The zero-order valence-corrected chi connectivity index (χ0v) is 13.9. The molecule has 0 N–H and O–H groups in total. The number of nitrogens with zero attached hydrogens (tertiary/aromatic N) is 3. The third-order valence-electron chi connectivity index (χ3n) is 3.43. The molecular weight excluding hydrogens is 334 g/mol. The summed E-state index contributed by atoms with van der Waals surface area (Å²) in [7, 11) is 0. The first-order chi connectivity index (χ1) is 9.85. The van der Waals surface area contributed by atoms with Crippen LogP contribution < -0.4 is 0 Å². The number of halogens is 1. The minimum atomic E-state index is -0.453. The number of imidazole rings is 1. The molecule has 2 aromatic heterocycles. The molecule has 3 rings (SSSR count). The molecule has 1 aliphatic rings. The molecule has 0 unspecified atom stereocenters. The summed E-state index contributed by atoms with van der Waals surface area (Å²) >= 11 is 3.49. The second kappa shape index (κ2) is 5.02. The summed E-state index contributed by atoms with van der Waals surface area (Å²) < 4.78 is 8.28. The van der Waals surface area contributed by atoms with Crippen LogP contribution in [0.2, 0.25) is 0 Å². The standard InChI is InChI=1S/C15H18BrN3O2/c1-15(2,3)21-14(20)18-8-10(9-18)13-17-12(16)11-6-4-5-7-19(11)13/h4-7,10H,8-9H2,1-3H3. The summed E-state index contributed by atoms with van der Waals surface area (Å²) in [5, 5.41) is 0. The summed E-state index contributed by atoms with van der Waals surface area (Å²) in [5.41, 5.74) is 0.591. The molecule has 2 aromatic rings. The van der Waals surface area contributed by atoms with E-state index in [-0.39, 0.29) is 12.0 Å². The van der Waals surface area contributed by atoms with Crippen molar-refractivity contribution in [2.24, 2.45) is 0 Å². The Hall–Kier alpha value is -1.56. The average molecular weight is 352 g/mol. The maximum Gasteiger partial charge on any atom is 0.410 e. The highest BCUT2D eigenvalue weighted by molar-refractivity contribution is 9.10. The van der Waals surface area contributed by atoms with E-state index in [1.54, 1.807) is 4.90 Å². The third-order valence-corrected chi connectivity index (χ3v) is 4.01. The van der Waals surface area contributed by atoms with Gasteiger partial charge in [0, 0.05) is 19.3 Å². The van der Waals surface area contributed by atoms with E-state index in [1.165, 1.54) is 0 Å². The van der Waals surface area contributed by atoms with Gasteiger partial charge in [0.25, 0.3) is 0 Å². The molecule has 5 nitrogen and oxygen atoms in total. The Bertz CT molecular complexity index is 684. The Morgan fingerprint density at radius 3 is 2.76 bits per heavy atom. The normalized spacial score (nSPS) is 16.1. The first-order valence-corrected chi connectivity index (χ1v) is 7.75. The van der Waals surface area contributed by atoms with Crippen LogP contribution >= 0.6 is 15.9 Å². The Labute approximate surface area is 132 Å². The Balaban J connectivity index is 1.72. The predicted octanol–water partition coefficient (Wildman–Crippen LogP) is 3.43. The Morgan fingerprint density at radius 2 is 2.10 bits per heavy atom. The number of amides is 1. The lowest BCUT2D eigenvalue weighted by molar-refractivity contribution is 0.00747. The van der Waals surface area contributed by atoms with Gasteiger partial charge in [-0.1, -0.05) is 6.07 Å². The van der Waals surface area contributed by atoms with Crippen molar-refractivity contribution < 1.29 is 9.53 Å². The van der Waals surface area contributed by atoms with Gasteiger partial charge in [0.05, 0.1) is 11.4 Å². The van der Waals surface area contributed by atoms with Crippen molar-refractivity contribution in [2.75, 3.05) is 13.1 Å². The number of likely N-dealkylation sites (tertiary alicyclic amines) is 1. The molecule has 1 saturated heterocycles. The van der Waals surface area contributed by atoms with Gasteiger partial charge in [0.15, 0.2) is 0 Å². The first kappa shape index (κ1) is 14.4. The lowest BCUT2D eigenvalue weighted by atomic mass is 10.00. The van der Waals surface area contributed by atoms with Crippen molar-refractivity contribution in [3.63, 3.8) is 0 Å². The molecule has 112 valence electrons. The van der Waals surface area contributed by atoms with E-state index in [4.69, 9.17) is 4.74 Å². The van der Waals surface area contributed by atoms with Gasteiger partial charge in [0.2, 0.25) is 0 Å². The zero-order valence-electron chi connectivity index (χ0n) is 12.3. The molecule has 0 aliphatic carbocycles. The summed E-state index contributed by atoms with van der Waals surface area (Å²) in [6.45, 7) is 6.93. The molecule has 1 aliphatic heterocycles. The van der Waals surface area contributed by atoms with Gasteiger partial charge in [-0.25, -0.2) is 9.78 Å². The maximum absolute atomic E-state index is 12.0. The van der Waals surface area contributed by atoms with E-state index in [0.717, 1.165) is 15.9 Å². The molecule has 1 amide bonds. The number of rotatable bonds is 1. The number of hydrogen-bond donors (Lipinski definition) is 0. The largest absolute Gasteiger partial charge is 0.444 e. The van der Waals surface area contributed by atoms with Crippen molar-refractivity contribution in [3.8, 4) is 0 Å². The summed E-state index contributed by atoms with van der Waals surface area (Å²) in [4.78, 5) is 18.3. The van der Waals surface area contributed by atoms with Gasteiger partial charge in [-0.15, -0.1) is 0 Å². The van der Waals surface area contributed by atoms with Crippen LogP contribution in [0.25, 0.3) is 5.52 Å². The highest BCUT2D eigenvalue weighted by Gasteiger charge is 2.37. The number of hydrogen-bond acceptors (Lipinski definition) is 3. The Kier molecular flexibility index (Phi) is 3.43. The smallest absolute Gasteiger partial charge is 0.410 e. The molecule has 21 heavy (non-hydrogen) atoms. The second-order valence-corrected chi connectivity index (χ2v) is 7.05. The van der Waals surface area contributed by atoms with Gasteiger partial charge < -0.3 is 14.0 Å². The quantitative estimate of drug-likeness (QED) is 0.790. The molecule has 0 aromatic carbocycles. The molecule has 0 radical (unpaired) electrons. The fourth-order valence-corrected chi connectivity index (χ4v) is 2.93. The number of aromatic nitrogens is 2. The van der Waals surface area contributed by atoms with Crippen LogP contribution in [-0.4, -0.2) is 39.1 Å². The van der Waals surface area contributed by atoms with Gasteiger partial charge in [-0.05, 0) is 48.8 Å². The summed E-state index contributed by atoms with van der Waals surface area (Å²) in [6, 6.07) is 5.99. The molecule has 0 saturated carbocycles. The molecule has 0 atom stereocenters. The van der Waals surface area contributed by atoms with Crippen molar-refractivity contribution in [3.05, 3.63) is 34.8 Å². The molecule has 1 fully saturated rings. The van der Waals surface area contributed by atoms with Gasteiger partial charge >= 0.3 is 6.09 Å². The fraction of sp³-hybridized carbons (Fsp3) is 0.467. The lowest BCUT2D eigenvalue weighted by Gasteiger charge is -2.39. The van der Waals surface area contributed by atoms with Gasteiger partial charge in [-0.3, -0.25) is 0 Å². The average Bonchev–Trinajstić information content (AvgIpc) is 2.64. The molecule has 0 spiro atoms. The van der Waals surface area contributed by atoms with Crippen molar-refractivity contribution in [1.82, 2.24) is 14.3 Å². The van der Waals surface area contributed by atoms with E-state index in [2.05, 4.69) is 25.3 Å². The lowest BCUT2D eigenvalue weighted by Crippen LogP contribution is -2.50. The monoisotopic (exact) mass is 351 g/mol. The van der Waals surface area contributed by atoms with Crippen molar-refractivity contribution in [2.45, 2.75) is 32.3 Å². The minimum Gasteiger partial charge on any atom is -0.444 e. The fourth-order valence-electron chi connectivity index (χ4n) is 2.43. The maximum atomic E-state index is 12.0. The van der Waals surface area contributed by atoms with Crippen LogP contribution in [0, 0.1) is 0 Å². The van der Waals surface area contributed by atoms with E-state index >= 15 is 0 Å². The number of carbonyl (C=O) groups is 1. The van der Waals surface area contributed by atoms with Gasteiger partial charge in [-0.2, -0.15) is 0 Å². The van der Waals surface area contributed by atoms with Crippen LogP contribution in [-0.2, 0) is 4.74 Å². The van der Waals surface area contributed by atoms with Crippen LogP contribution in [0.1, 0.15) is 32.5 Å². The topological polar surface area (TPSA) is 46.8 Å². The van der Waals surface area contributed by atoms with E-state index in [1.807, 2.05) is 45.2 Å². The molecule has 6 heteroatoms. The minimum absolute atomic E-state index is 0.249. The highest BCUT2D eigenvalue weighted by atomic mass is 79.9. The number of fused-ring (bicyclic) bond motifs is 1. The summed E-state index contributed by atoms with van der Waals surface area (Å²) in [6.07, 6.45) is 1.75. The first-order valence-electron chi connectivity index (χ1n) is 6.95. The molecule has 0 bridgehead atoms. The van der Waals surface area contributed by atoms with Crippen LogP contribution in [0.15, 0.2) is 29.0 Å².